The summed E-state index contributed by atoms with van der Waals surface area (Å²) in [6.45, 7) is 0. The summed E-state index contributed by atoms with van der Waals surface area (Å²) >= 11 is 5.28. The van der Waals surface area contributed by atoms with Crippen molar-refractivity contribution >= 4 is 23.0 Å². The summed E-state index contributed by atoms with van der Waals surface area (Å²) in [6.07, 6.45) is 1.73. The number of hydrogen-bond acceptors (Lipinski definition) is 2. The van der Waals surface area contributed by atoms with E-state index in [1.54, 1.807) is 6.20 Å². The van der Waals surface area contributed by atoms with Gasteiger partial charge in [-0.1, -0.05) is 54.7 Å². The van der Waals surface area contributed by atoms with Crippen LogP contribution >= 0.6 is 12.2 Å². The fourth-order valence-corrected chi connectivity index (χ4v) is 2.25. The van der Waals surface area contributed by atoms with E-state index in [1.807, 2.05) is 24.3 Å². The van der Waals surface area contributed by atoms with Crippen molar-refractivity contribution in [3.63, 3.8) is 0 Å². The van der Waals surface area contributed by atoms with Crippen molar-refractivity contribution in [2.45, 2.75) is 0 Å². The van der Waals surface area contributed by atoms with Crippen molar-refractivity contribution in [3.8, 4) is 11.1 Å². The molecule has 0 unspecified atom stereocenters. The summed E-state index contributed by atoms with van der Waals surface area (Å²) in [5, 5.41) is 9.18. The number of fused-ring (bicyclic) bond motifs is 1. The van der Waals surface area contributed by atoms with Crippen molar-refractivity contribution in [3.05, 3.63) is 59.4 Å². The molecule has 0 radical (unpaired) electrons. The van der Waals surface area contributed by atoms with Gasteiger partial charge in [0.2, 0.25) is 0 Å². The Balaban J connectivity index is 2.39. The highest BCUT2D eigenvalue weighted by Gasteiger charge is 2.04. The maximum absolute atomic E-state index is 5.28. The van der Waals surface area contributed by atoms with Gasteiger partial charge in [0.1, 0.15) is 4.64 Å². The molecule has 0 aliphatic rings. The Morgan fingerprint density at radius 2 is 1.71 bits per heavy atom. The predicted octanol–water partition coefficient (Wildman–Crippen LogP) is 3.96. The molecule has 17 heavy (non-hydrogen) atoms. The molecule has 0 amide bonds. The number of hydrogen-bond donors (Lipinski definition) is 1. The van der Waals surface area contributed by atoms with E-state index in [2.05, 4.69) is 34.5 Å². The van der Waals surface area contributed by atoms with Crippen LogP contribution in [0.25, 0.3) is 21.9 Å². The summed E-state index contributed by atoms with van der Waals surface area (Å²) in [6, 6.07) is 16.5. The number of aromatic nitrogens is 2. The van der Waals surface area contributed by atoms with Gasteiger partial charge < -0.3 is 0 Å². The lowest BCUT2D eigenvalue weighted by Gasteiger charge is -2.06. The third-order valence-corrected chi connectivity index (χ3v) is 3.12. The fraction of sp³-hybridized carbons (Fsp3) is 0. The molecule has 1 N–H and O–H groups in total. The maximum atomic E-state index is 5.28. The molecule has 1 aromatic heterocycles. The van der Waals surface area contributed by atoms with Crippen molar-refractivity contribution in [2.24, 2.45) is 0 Å². The summed E-state index contributed by atoms with van der Waals surface area (Å²) in [5.41, 5.74) is 2.17. The summed E-state index contributed by atoms with van der Waals surface area (Å²) < 4.78 is 0.670. The molecule has 0 fully saturated rings. The lowest BCUT2D eigenvalue weighted by Crippen LogP contribution is -1.86. The van der Waals surface area contributed by atoms with E-state index in [9.17, 15) is 0 Å². The highest BCUT2D eigenvalue weighted by molar-refractivity contribution is 7.71. The van der Waals surface area contributed by atoms with Crippen LogP contribution in [-0.2, 0) is 0 Å². The monoisotopic (exact) mass is 238 g/mol. The Hall–Kier alpha value is -2.00. The average Bonchev–Trinajstić information content (AvgIpc) is 2.39. The van der Waals surface area contributed by atoms with Crippen LogP contribution in [0.5, 0.6) is 0 Å². The Labute approximate surface area is 104 Å². The van der Waals surface area contributed by atoms with E-state index >= 15 is 0 Å². The molecule has 82 valence electrons. The van der Waals surface area contributed by atoms with Gasteiger partial charge in [0.05, 0.1) is 0 Å². The number of rotatable bonds is 1. The van der Waals surface area contributed by atoms with Crippen LogP contribution in [0.2, 0.25) is 0 Å². The van der Waals surface area contributed by atoms with Crippen LogP contribution in [-0.4, -0.2) is 10.2 Å². The molecule has 0 aliphatic heterocycles. The third kappa shape index (κ3) is 1.74. The average molecular weight is 238 g/mol. The lowest BCUT2D eigenvalue weighted by atomic mass is 10.00. The number of aromatic amines is 1. The van der Waals surface area contributed by atoms with Gasteiger partial charge in [0.25, 0.3) is 0 Å². The van der Waals surface area contributed by atoms with Gasteiger partial charge in [0.15, 0.2) is 0 Å². The maximum Gasteiger partial charge on any atom is 0.127 e. The van der Waals surface area contributed by atoms with Gasteiger partial charge >= 0.3 is 0 Å². The van der Waals surface area contributed by atoms with Gasteiger partial charge in [-0.15, -0.1) is 0 Å². The van der Waals surface area contributed by atoms with Gasteiger partial charge in [-0.05, 0) is 22.4 Å². The Kier molecular flexibility index (Phi) is 2.46. The fourth-order valence-electron chi connectivity index (χ4n) is 2.02. The van der Waals surface area contributed by atoms with Crippen LogP contribution in [0, 0.1) is 4.64 Å². The number of nitrogens with zero attached hydrogens (tertiary/aromatic N) is 1. The molecular weight excluding hydrogens is 228 g/mol. The minimum absolute atomic E-state index is 0.670. The smallest absolute Gasteiger partial charge is 0.127 e. The van der Waals surface area contributed by atoms with Crippen LogP contribution in [0.3, 0.4) is 0 Å². The van der Waals surface area contributed by atoms with E-state index in [0.29, 0.717) is 4.64 Å². The van der Waals surface area contributed by atoms with E-state index in [0.717, 1.165) is 11.1 Å². The van der Waals surface area contributed by atoms with Crippen LogP contribution < -0.4 is 0 Å². The van der Waals surface area contributed by atoms with Crippen LogP contribution in [0.1, 0.15) is 0 Å². The van der Waals surface area contributed by atoms with Crippen molar-refractivity contribution in [2.75, 3.05) is 0 Å². The molecule has 0 aliphatic carbocycles. The van der Waals surface area contributed by atoms with Gasteiger partial charge in [-0.25, -0.2) is 0 Å². The third-order valence-electron chi connectivity index (χ3n) is 2.81. The number of benzene rings is 2. The van der Waals surface area contributed by atoms with Crippen LogP contribution in [0.15, 0.2) is 54.7 Å². The minimum Gasteiger partial charge on any atom is -0.267 e. The van der Waals surface area contributed by atoms with Gasteiger partial charge in [-0.2, -0.15) is 5.10 Å². The Bertz CT molecular complexity index is 726. The van der Waals surface area contributed by atoms with Crippen LogP contribution in [0.4, 0.5) is 0 Å². The van der Waals surface area contributed by atoms with Gasteiger partial charge in [0, 0.05) is 11.8 Å². The van der Waals surface area contributed by atoms with E-state index < -0.39 is 0 Å². The molecule has 0 bridgehead atoms. The standard InChI is InChI=1S/C14H10N2S/c17-14-13(8-9-15-16-14)12-7-3-5-10-4-1-2-6-11(10)12/h1-9H,(H,16,17). The summed E-state index contributed by atoms with van der Waals surface area (Å²) in [7, 11) is 0. The molecule has 0 spiro atoms. The summed E-state index contributed by atoms with van der Waals surface area (Å²) in [4.78, 5) is 0. The lowest BCUT2D eigenvalue weighted by molar-refractivity contribution is 1.02. The van der Waals surface area contributed by atoms with E-state index in [1.165, 1.54) is 10.8 Å². The number of nitrogens with one attached hydrogen (secondary N) is 1. The molecule has 3 heteroatoms. The van der Waals surface area contributed by atoms with E-state index in [-0.39, 0.29) is 0 Å². The molecule has 0 saturated carbocycles. The largest absolute Gasteiger partial charge is 0.267 e. The molecule has 0 atom stereocenters. The molecule has 2 aromatic carbocycles. The van der Waals surface area contributed by atoms with Crippen molar-refractivity contribution in [1.82, 2.24) is 10.2 Å². The SMILES string of the molecule is S=c1[nH]nccc1-c1cccc2ccccc12. The zero-order chi connectivity index (χ0) is 11.7. The van der Waals surface area contributed by atoms with Crippen molar-refractivity contribution < 1.29 is 0 Å². The topological polar surface area (TPSA) is 28.7 Å². The first-order valence-electron chi connectivity index (χ1n) is 5.38. The second-order valence-electron chi connectivity index (χ2n) is 3.83. The molecule has 3 rings (SSSR count). The molecular formula is C14H10N2S. The minimum atomic E-state index is 0.670. The molecule has 1 heterocycles. The zero-order valence-corrected chi connectivity index (χ0v) is 9.87. The highest BCUT2D eigenvalue weighted by Crippen LogP contribution is 2.28. The summed E-state index contributed by atoms with van der Waals surface area (Å²) in [5.74, 6) is 0. The first-order valence-corrected chi connectivity index (χ1v) is 5.79. The molecule has 0 saturated heterocycles. The van der Waals surface area contributed by atoms with E-state index in [4.69, 9.17) is 12.2 Å². The van der Waals surface area contributed by atoms with Crippen molar-refractivity contribution in [1.29, 1.82) is 0 Å². The second-order valence-corrected chi connectivity index (χ2v) is 4.23. The second kappa shape index (κ2) is 4.11. The predicted molar refractivity (Wildman–Crippen MR) is 72.4 cm³/mol. The first-order chi connectivity index (χ1) is 8.36. The highest BCUT2D eigenvalue weighted by atomic mass is 32.1. The van der Waals surface area contributed by atoms with Gasteiger partial charge in [-0.3, -0.25) is 5.10 Å². The number of H-pyrrole nitrogens is 1. The Morgan fingerprint density at radius 3 is 2.59 bits per heavy atom. The Morgan fingerprint density at radius 1 is 0.882 bits per heavy atom. The normalized spacial score (nSPS) is 10.6. The zero-order valence-electron chi connectivity index (χ0n) is 9.05. The molecule has 3 aromatic rings. The molecule has 2 nitrogen and oxygen atoms in total. The quantitative estimate of drug-likeness (QED) is 0.650. The first kappa shape index (κ1) is 10.2.